The Kier molecular flexibility index (Phi) is 3.20. The fourth-order valence-electron chi connectivity index (χ4n) is 1.24. The Morgan fingerprint density at radius 2 is 2.41 bits per heavy atom. The largest absolute Gasteiger partial charge is 0.399 e. The Balaban J connectivity index is 2.00. The average molecular weight is 250 g/mol. The van der Waals surface area contributed by atoms with Crippen molar-refractivity contribution >= 4 is 22.9 Å². The van der Waals surface area contributed by atoms with E-state index in [0.717, 1.165) is 11.3 Å². The van der Waals surface area contributed by atoms with Crippen molar-refractivity contribution in [1.82, 2.24) is 15.3 Å². The number of aromatic nitrogens is 2. The normalized spacial score (nSPS) is 10.1. The fourth-order valence-corrected chi connectivity index (χ4v) is 1.82. The maximum atomic E-state index is 11.7. The monoisotopic (exact) mass is 250 g/mol. The first-order chi connectivity index (χ1) is 8.15. The Bertz CT molecular complexity index is 590. The Morgan fingerprint density at radius 1 is 1.59 bits per heavy atom. The van der Waals surface area contributed by atoms with E-state index in [0.29, 0.717) is 11.4 Å². The van der Waals surface area contributed by atoms with Gasteiger partial charge in [0.1, 0.15) is 5.69 Å². The third kappa shape index (κ3) is 2.91. The number of nitrogens with zero attached hydrogens (tertiary/aromatic N) is 1. The molecule has 17 heavy (non-hydrogen) atoms. The van der Waals surface area contributed by atoms with Crippen molar-refractivity contribution < 1.29 is 4.79 Å². The first-order valence-electron chi connectivity index (χ1n) is 4.81. The SMILES string of the molecule is Nc1ccnc(C(=O)NCc2csc(=O)[nH]2)c1. The number of carbonyl (C=O) groups excluding carboxylic acids is 1. The van der Waals surface area contributed by atoms with Gasteiger partial charge in [-0.2, -0.15) is 0 Å². The molecule has 2 aromatic rings. The van der Waals surface area contributed by atoms with Crippen molar-refractivity contribution in [2.75, 3.05) is 5.73 Å². The molecule has 0 aromatic carbocycles. The van der Waals surface area contributed by atoms with Crippen molar-refractivity contribution in [3.63, 3.8) is 0 Å². The smallest absolute Gasteiger partial charge is 0.304 e. The third-order valence-corrected chi connectivity index (χ3v) is 2.75. The highest BCUT2D eigenvalue weighted by atomic mass is 32.1. The summed E-state index contributed by atoms with van der Waals surface area (Å²) in [6, 6.07) is 3.10. The van der Waals surface area contributed by atoms with Crippen molar-refractivity contribution in [2.24, 2.45) is 0 Å². The highest BCUT2D eigenvalue weighted by molar-refractivity contribution is 7.07. The Hall–Kier alpha value is -2.15. The van der Waals surface area contributed by atoms with Crippen LogP contribution in [0.15, 0.2) is 28.5 Å². The summed E-state index contributed by atoms with van der Waals surface area (Å²) in [6.45, 7) is 0.258. The van der Waals surface area contributed by atoms with Gasteiger partial charge in [-0.05, 0) is 12.1 Å². The van der Waals surface area contributed by atoms with Crippen molar-refractivity contribution in [3.05, 3.63) is 44.8 Å². The number of hydrogen-bond donors (Lipinski definition) is 3. The fraction of sp³-hybridized carbons (Fsp3) is 0.100. The van der Waals surface area contributed by atoms with E-state index in [1.807, 2.05) is 0 Å². The lowest BCUT2D eigenvalue weighted by Gasteiger charge is -2.03. The number of aromatic amines is 1. The number of anilines is 1. The summed E-state index contributed by atoms with van der Waals surface area (Å²) in [5, 5.41) is 4.30. The minimum absolute atomic E-state index is 0.142. The highest BCUT2D eigenvalue weighted by Gasteiger charge is 2.07. The standard InChI is InChI=1S/C10H10N4O2S/c11-6-1-2-12-8(3-6)9(15)13-4-7-5-17-10(16)14-7/h1-3,5H,4H2,(H2,11,12)(H,13,15)(H,14,16). The molecular weight excluding hydrogens is 240 g/mol. The predicted octanol–water partition coefficient (Wildman–Crippen LogP) is 0.344. The topological polar surface area (TPSA) is 101 Å². The molecule has 0 aliphatic rings. The molecule has 0 spiro atoms. The zero-order chi connectivity index (χ0) is 12.3. The van der Waals surface area contributed by atoms with Crippen molar-refractivity contribution in [1.29, 1.82) is 0 Å². The number of carbonyl (C=O) groups is 1. The second-order valence-corrected chi connectivity index (χ2v) is 4.17. The summed E-state index contributed by atoms with van der Waals surface area (Å²) in [5.41, 5.74) is 6.94. The van der Waals surface area contributed by atoms with Crippen LogP contribution in [0.1, 0.15) is 16.2 Å². The highest BCUT2D eigenvalue weighted by Crippen LogP contribution is 2.03. The lowest BCUT2D eigenvalue weighted by Crippen LogP contribution is -2.24. The molecular formula is C10H10N4O2S. The number of nitrogens with two attached hydrogens (primary N) is 1. The molecule has 88 valence electrons. The quantitative estimate of drug-likeness (QED) is 0.731. The summed E-state index contributed by atoms with van der Waals surface area (Å²) in [5.74, 6) is -0.329. The maximum Gasteiger partial charge on any atom is 0.304 e. The van der Waals surface area contributed by atoms with Gasteiger partial charge in [0.2, 0.25) is 0 Å². The molecule has 0 unspecified atom stereocenters. The zero-order valence-corrected chi connectivity index (χ0v) is 9.58. The van der Waals surface area contributed by atoms with E-state index in [1.54, 1.807) is 11.4 Å². The van der Waals surface area contributed by atoms with Crippen LogP contribution in [0.5, 0.6) is 0 Å². The molecule has 0 bridgehead atoms. The second-order valence-electron chi connectivity index (χ2n) is 3.33. The molecule has 6 nitrogen and oxygen atoms in total. The minimum atomic E-state index is -0.329. The van der Waals surface area contributed by atoms with Gasteiger partial charge in [0.15, 0.2) is 0 Å². The van der Waals surface area contributed by atoms with Gasteiger partial charge in [0.25, 0.3) is 5.91 Å². The summed E-state index contributed by atoms with van der Waals surface area (Å²) in [7, 11) is 0. The van der Waals surface area contributed by atoms with Crippen LogP contribution in [0.4, 0.5) is 5.69 Å². The van der Waals surface area contributed by atoms with Crippen molar-refractivity contribution in [3.8, 4) is 0 Å². The van der Waals surface area contributed by atoms with E-state index in [-0.39, 0.29) is 23.0 Å². The van der Waals surface area contributed by atoms with Gasteiger partial charge >= 0.3 is 4.87 Å². The summed E-state index contributed by atoms with van der Waals surface area (Å²) >= 11 is 1.06. The Labute approximate surface area is 101 Å². The summed E-state index contributed by atoms with van der Waals surface area (Å²) < 4.78 is 0. The minimum Gasteiger partial charge on any atom is -0.399 e. The number of hydrogen-bond acceptors (Lipinski definition) is 5. The van der Waals surface area contributed by atoms with Gasteiger partial charge in [-0.15, -0.1) is 0 Å². The van der Waals surface area contributed by atoms with Crippen LogP contribution in [0.25, 0.3) is 0 Å². The number of amides is 1. The summed E-state index contributed by atoms with van der Waals surface area (Å²) in [6.07, 6.45) is 1.47. The van der Waals surface area contributed by atoms with Crippen LogP contribution in [0, 0.1) is 0 Å². The van der Waals surface area contributed by atoms with E-state index in [2.05, 4.69) is 15.3 Å². The molecule has 0 radical (unpaired) electrons. The predicted molar refractivity (Wildman–Crippen MR) is 64.8 cm³/mol. The van der Waals surface area contributed by atoms with Crippen LogP contribution < -0.4 is 15.9 Å². The molecule has 2 heterocycles. The van der Waals surface area contributed by atoms with Crippen molar-refractivity contribution in [2.45, 2.75) is 6.54 Å². The molecule has 0 aliphatic heterocycles. The van der Waals surface area contributed by atoms with Gasteiger partial charge in [0, 0.05) is 23.0 Å². The number of nitrogen functional groups attached to an aromatic ring is 1. The van der Waals surface area contributed by atoms with Gasteiger partial charge in [-0.3, -0.25) is 14.6 Å². The van der Waals surface area contributed by atoms with E-state index >= 15 is 0 Å². The van der Waals surface area contributed by atoms with Crippen LogP contribution in [0.3, 0.4) is 0 Å². The van der Waals surface area contributed by atoms with Crippen LogP contribution in [-0.4, -0.2) is 15.9 Å². The molecule has 7 heteroatoms. The van der Waals surface area contributed by atoms with Gasteiger partial charge < -0.3 is 16.0 Å². The molecule has 1 amide bonds. The molecule has 0 saturated heterocycles. The molecule has 0 aliphatic carbocycles. The number of nitrogens with one attached hydrogen (secondary N) is 2. The maximum absolute atomic E-state index is 11.7. The molecule has 2 rings (SSSR count). The second kappa shape index (κ2) is 4.79. The van der Waals surface area contributed by atoms with Gasteiger partial charge in [-0.25, -0.2) is 0 Å². The number of H-pyrrole nitrogens is 1. The average Bonchev–Trinajstić information content (AvgIpc) is 2.72. The van der Waals surface area contributed by atoms with Crippen LogP contribution in [-0.2, 0) is 6.54 Å². The first-order valence-corrected chi connectivity index (χ1v) is 5.69. The van der Waals surface area contributed by atoms with E-state index in [9.17, 15) is 9.59 Å². The number of pyridine rings is 1. The first kappa shape index (κ1) is 11.3. The van der Waals surface area contributed by atoms with E-state index in [4.69, 9.17) is 5.73 Å². The molecule has 0 atom stereocenters. The molecule has 0 saturated carbocycles. The zero-order valence-electron chi connectivity index (χ0n) is 8.77. The third-order valence-electron chi connectivity index (χ3n) is 2.03. The lowest BCUT2D eigenvalue weighted by molar-refractivity contribution is 0.0945. The number of thiazole rings is 1. The number of rotatable bonds is 3. The summed E-state index contributed by atoms with van der Waals surface area (Å²) in [4.78, 5) is 28.9. The van der Waals surface area contributed by atoms with Crippen LogP contribution in [0.2, 0.25) is 0 Å². The Morgan fingerprint density at radius 3 is 3.06 bits per heavy atom. The molecule has 2 aromatic heterocycles. The van der Waals surface area contributed by atoms with E-state index < -0.39 is 0 Å². The van der Waals surface area contributed by atoms with Gasteiger partial charge in [0.05, 0.1) is 6.54 Å². The molecule has 4 N–H and O–H groups in total. The molecule has 0 fully saturated rings. The van der Waals surface area contributed by atoms with E-state index in [1.165, 1.54) is 12.3 Å². The lowest BCUT2D eigenvalue weighted by atomic mass is 10.3. The van der Waals surface area contributed by atoms with Gasteiger partial charge in [-0.1, -0.05) is 11.3 Å². The van der Waals surface area contributed by atoms with Crippen LogP contribution >= 0.6 is 11.3 Å².